The molecule has 4 aromatic rings. The fraction of sp³-hybridized carbons (Fsp3) is 0.0714. The molecule has 6 nitrogen and oxygen atoms in total. The van der Waals surface area contributed by atoms with Crippen LogP contribution in [0.25, 0.3) is 10.8 Å². The SMILES string of the molecule is COc1ccc2c(c1)N(C)C(=C1SC(=Nc3cccc4ccccc34)N(c3ccc(O)cc3)C1=O)S2. The van der Waals surface area contributed by atoms with Crippen LogP contribution in [0.5, 0.6) is 11.5 Å². The molecule has 1 saturated heterocycles. The fourth-order valence-corrected chi connectivity index (χ4v) is 6.59. The lowest BCUT2D eigenvalue weighted by Crippen LogP contribution is -2.29. The smallest absolute Gasteiger partial charge is 0.274 e. The van der Waals surface area contributed by atoms with Crippen LogP contribution in [0, 0.1) is 0 Å². The number of aliphatic imine (C=N–C) groups is 1. The number of carbonyl (C=O) groups excluding carboxylic acids is 1. The lowest BCUT2D eigenvalue weighted by molar-refractivity contribution is -0.113. The van der Waals surface area contributed by atoms with Crippen LogP contribution in [-0.2, 0) is 4.79 Å². The molecule has 1 amide bonds. The minimum atomic E-state index is -0.154. The van der Waals surface area contributed by atoms with Crippen molar-refractivity contribution >= 4 is 62.4 Å². The molecule has 1 N–H and O–H groups in total. The van der Waals surface area contributed by atoms with Gasteiger partial charge in [-0.3, -0.25) is 9.69 Å². The number of methoxy groups -OCH3 is 1. The Labute approximate surface area is 216 Å². The lowest BCUT2D eigenvalue weighted by Gasteiger charge is -2.17. The van der Waals surface area contributed by atoms with E-state index in [0.717, 1.165) is 37.8 Å². The molecule has 4 aromatic carbocycles. The van der Waals surface area contributed by atoms with Crippen molar-refractivity contribution in [1.29, 1.82) is 0 Å². The summed E-state index contributed by atoms with van der Waals surface area (Å²) in [7, 11) is 3.60. The van der Waals surface area contributed by atoms with Crippen LogP contribution in [0.3, 0.4) is 0 Å². The number of benzene rings is 4. The predicted molar refractivity (Wildman–Crippen MR) is 149 cm³/mol. The van der Waals surface area contributed by atoms with Crippen LogP contribution in [-0.4, -0.2) is 30.3 Å². The molecule has 6 rings (SSSR count). The minimum absolute atomic E-state index is 0.139. The van der Waals surface area contributed by atoms with Crippen molar-refractivity contribution < 1.29 is 14.6 Å². The molecule has 36 heavy (non-hydrogen) atoms. The number of hydrogen-bond acceptors (Lipinski definition) is 7. The Morgan fingerprint density at radius 3 is 2.50 bits per heavy atom. The number of nitrogens with zero attached hydrogens (tertiary/aromatic N) is 3. The molecule has 1 fully saturated rings. The van der Waals surface area contributed by atoms with Crippen molar-refractivity contribution in [3.63, 3.8) is 0 Å². The van der Waals surface area contributed by atoms with E-state index < -0.39 is 0 Å². The van der Waals surface area contributed by atoms with E-state index in [-0.39, 0.29) is 11.7 Å². The van der Waals surface area contributed by atoms with Gasteiger partial charge in [-0.05, 0) is 59.6 Å². The van der Waals surface area contributed by atoms with Crippen LogP contribution in [0.1, 0.15) is 0 Å². The molecule has 0 aromatic heterocycles. The standard InChI is InChI=1S/C28H21N3O3S2/c1-30-23-16-20(34-2)14-15-24(23)35-27(30)25-26(33)31(18-10-12-19(32)13-11-18)28(36-25)29-22-9-5-7-17-6-3-4-8-21(17)22/h3-16,32H,1-2H3. The monoisotopic (exact) mass is 511 g/mol. The Balaban J connectivity index is 1.49. The largest absolute Gasteiger partial charge is 0.508 e. The predicted octanol–water partition coefficient (Wildman–Crippen LogP) is 6.73. The molecule has 2 heterocycles. The van der Waals surface area contributed by atoms with Gasteiger partial charge in [0.1, 0.15) is 16.4 Å². The zero-order valence-electron chi connectivity index (χ0n) is 19.5. The summed E-state index contributed by atoms with van der Waals surface area (Å²) in [6.07, 6.45) is 0. The number of hydrogen-bond donors (Lipinski definition) is 1. The third kappa shape index (κ3) is 3.79. The summed E-state index contributed by atoms with van der Waals surface area (Å²) in [5.41, 5.74) is 2.43. The summed E-state index contributed by atoms with van der Waals surface area (Å²) >= 11 is 2.92. The number of thioether (sulfide) groups is 2. The number of phenolic OH excluding ortho intramolecular Hbond substituents is 1. The van der Waals surface area contributed by atoms with Gasteiger partial charge in [0.25, 0.3) is 5.91 Å². The average molecular weight is 512 g/mol. The van der Waals surface area contributed by atoms with Gasteiger partial charge in [0.05, 0.1) is 29.2 Å². The number of carbonyl (C=O) groups is 1. The van der Waals surface area contributed by atoms with E-state index in [1.54, 1.807) is 48.0 Å². The summed E-state index contributed by atoms with van der Waals surface area (Å²) in [4.78, 5) is 24.2. The Hall–Kier alpha value is -3.88. The quantitative estimate of drug-likeness (QED) is 0.308. The summed E-state index contributed by atoms with van der Waals surface area (Å²) in [5.74, 6) is 0.750. The number of rotatable bonds is 3. The second-order valence-electron chi connectivity index (χ2n) is 8.28. The molecule has 178 valence electrons. The van der Waals surface area contributed by atoms with E-state index in [1.165, 1.54) is 11.8 Å². The zero-order chi connectivity index (χ0) is 24.8. The molecule has 0 bridgehead atoms. The number of anilines is 2. The van der Waals surface area contributed by atoms with Crippen LogP contribution < -0.4 is 14.5 Å². The Morgan fingerprint density at radius 1 is 0.917 bits per heavy atom. The number of amides is 1. The van der Waals surface area contributed by atoms with Gasteiger partial charge in [-0.25, -0.2) is 4.99 Å². The third-order valence-electron chi connectivity index (χ3n) is 6.11. The summed E-state index contributed by atoms with van der Waals surface area (Å²) in [6.45, 7) is 0. The van der Waals surface area contributed by atoms with Crippen molar-refractivity contribution in [2.75, 3.05) is 24.0 Å². The van der Waals surface area contributed by atoms with Gasteiger partial charge in [-0.1, -0.05) is 48.2 Å². The molecule has 0 radical (unpaired) electrons. The first kappa shape index (κ1) is 22.6. The van der Waals surface area contributed by atoms with Crippen molar-refractivity contribution in [1.82, 2.24) is 0 Å². The normalized spacial score (nSPS) is 18.4. The van der Waals surface area contributed by atoms with Gasteiger partial charge in [0.2, 0.25) is 0 Å². The van der Waals surface area contributed by atoms with Crippen molar-refractivity contribution in [2.45, 2.75) is 4.90 Å². The molecule has 2 aliphatic heterocycles. The molecule has 8 heteroatoms. The molecule has 2 aliphatic rings. The maximum absolute atomic E-state index is 13.9. The van der Waals surface area contributed by atoms with Crippen LogP contribution in [0.4, 0.5) is 17.1 Å². The first-order valence-electron chi connectivity index (χ1n) is 11.2. The van der Waals surface area contributed by atoms with Gasteiger partial charge in [-0.15, -0.1) is 0 Å². The van der Waals surface area contributed by atoms with Gasteiger partial charge in [0.15, 0.2) is 5.17 Å². The van der Waals surface area contributed by atoms with Crippen LogP contribution >= 0.6 is 23.5 Å². The van der Waals surface area contributed by atoms with Crippen molar-refractivity contribution in [3.05, 3.63) is 94.9 Å². The van der Waals surface area contributed by atoms with Gasteiger partial charge in [-0.2, -0.15) is 0 Å². The number of aromatic hydroxyl groups is 1. The molecular formula is C28H21N3O3S2. The maximum Gasteiger partial charge on any atom is 0.274 e. The number of phenols is 1. The van der Waals surface area contributed by atoms with Crippen molar-refractivity contribution in [3.8, 4) is 11.5 Å². The van der Waals surface area contributed by atoms with Crippen LogP contribution in [0.2, 0.25) is 0 Å². The number of amidine groups is 1. The van der Waals surface area contributed by atoms with Gasteiger partial charge in [0, 0.05) is 23.4 Å². The Bertz CT molecular complexity index is 1580. The summed E-state index contributed by atoms with van der Waals surface area (Å²) in [5, 5.41) is 13.3. The maximum atomic E-state index is 13.9. The van der Waals surface area contributed by atoms with E-state index >= 15 is 0 Å². The van der Waals surface area contributed by atoms with E-state index in [4.69, 9.17) is 9.73 Å². The van der Waals surface area contributed by atoms with E-state index in [2.05, 4.69) is 0 Å². The highest BCUT2D eigenvalue weighted by molar-refractivity contribution is 8.20. The fourth-order valence-electron chi connectivity index (χ4n) is 4.27. The van der Waals surface area contributed by atoms with Crippen molar-refractivity contribution in [2.24, 2.45) is 4.99 Å². The summed E-state index contributed by atoms with van der Waals surface area (Å²) < 4.78 is 5.40. The highest BCUT2D eigenvalue weighted by Crippen LogP contribution is 2.51. The Kier molecular flexibility index (Phi) is 5.62. The number of fused-ring (bicyclic) bond motifs is 2. The second kappa shape index (κ2) is 8.96. The van der Waals surface area contributed by atoms with E-state index in [0.29, 0.717) is 15.8 Å². The van der Waals surface area contributed by atoms with E-state index in [9.17, 15) is 9.90 Å². The highest BCUT2D eigenvalue weighted by atomic mass is 32.2. The molecular weight excluding hydrogens is 490 g/mol. The highest BCUT2D eigenvalue weighted by Gasteiger charge is 2.40. The lowest BCUT2D eigenvalue weighted by atomic mass is 10.1. The third-order valence-corrected chi connectivity index (χ3v) is 8.50. The number of ether oxygens (including phenoxy) is 1. The Morgan fingerprint density at radius 2 is 1.69 bits per heavy atom. The first-order valence-corrected chi connectivity index (χ1v) is 12.9. The molecule has 0 aliphatic carbocycles. The molecule has 0 saturated carbocycles. The van der Waals surface area contributed by atoms with Gasteiger partial charge >= 0.3 is 0 Å². The topological polar surface area (TPSA) is 65.4 Å². The average Bonchev–Trinajstić information content (AvgIpc) is 3.40. The van der Waals surface area contributed by atoms with E-state index in [1.807, 2.05) is 72.6 Å². The first-order chi connectivity index (χ1) is 17.5. The molecule has 0 spiro atoms. The van der Waals surface area contributed by atoms with Gasteiger partial charge < -0.3 is 14.7 Å². The second-order valence-corrected chi connectivity index (χ2v) is 10.3. The van der Waals surface area contributed by atoms with Crippen LogP contribution in [0.15, 0.2) is 105 Å². The summed E-state index contributed by atoms with van der Waals surface area (Å²) in [6, 6.07) is 26.6. The molecule has 0 atom stereocenters. The molecule has 0 unspecified atom stereocenters. The zero-order valence-corrected chi connectivity index (χ0v) is 21.1. The minimum Gasteiger partial charge on any atom is -0.508 e.